The summed E-state index contributed by atoms with van der Waals surface area (Å²) in [6.45, 7) is 20.7. The van der Waals surface area contributed by atoms with Crippen molar-refractivity contribution in [3.8, 4) is 5.75 Å². The molecule has 2 aliphatic carbocycles. The van der Waals surface area contributed by atoms with Gasteiger partial charge in [0.1, 0.15) is 40.4 Å². The first kappa shape index (κ1) is 120. The van der Waals surface area contributed by atoms with Crippen molar-refractivity contribution in [1.82, 2.24) is 0 Å². The molecule has 0 bridgehead atoms. The Hall–Kier alpha value is -7.61. The average Bonchev–Trinajstić information content (AvgIpc) is 1.62. The highest BCUT2D eigenvalue weighted by molar-refractivity contribution is 7.46. The summed E-state index contributed by atoms with van der Waals surface area (Å²) in [5.41, 5.74) is 26.7. The van der Waals surface area contributed by atoms with Gasteiger partial charge in [-0.3, -0.25) is 9.13 Å². The number of hydrogen-bond donors (Lipinski definition) is 2. The Bertz CT molecular complexity index is 5410. The fraction of sp³-hybridized carbons (Fsp3) is 0.561. The summed E-state index contributed by atoms with van der Waals surface area (Å²) < 4.78 is 54.4. The van der Waals surface area contributed by atoms with Gasteiger partial charge in [0.25, 0.3) is 15.6 Å². The summed E-state index contributed by atoms with van der Waals surface area (Å²) in [5.74, 6) is 0.667. The molecule has 2 atom stereocenters. The standard InChI is InChI=1S/C61H89N3O4P.C32H36ClN2.C29H54BNO6P.CH4O/c1-60(2)53-34-25-27-36-55(53)62(5)57(60)44-42-50-32-30-33-51(43-45-58-61(3,4)54-35-26-28-37-56(54)63(58)6)59(50)52-40-38-49(39-41-52)31-24-22-20-18-16-14-12-10-11-13-15-17-19-21-23-29-47-67-69(65,66)68-48-46-64(7,8)9;1-31(2)24-14-7-9-16-26(24)34(5)28(31)20-18-22-12-11-13-23(30(22)33)19-21-29-32(3,4)25-15-8-10-17-27(25)35(29)6;1-31(2,3)25-27-36-38(33,34)35-26-19-17-15-13-11-9-7-5-4-6-8-10-12-14-16-18-20-28-21-23-29(24-22-28)37-30-32;1-2/h25-28,34-45H,10-24,29-33,46-48H2,1-9H3;7-10,14-21H,11-13H2,1-6H3;21-24,32H,4-20,25-27H2,1-3H3;2H,1H3/q2*+1;;. The van der Waals surface area contributed by atoms with E-state index in [4.69, 9.17) is 44.5 Å². The van der Waals surface area contributed by atoms with Gasteiger partial charge in [-0.1, -0.05) is 353 Å². The predicted octanol–water partition coefficient (Wildman–Crippen LogP) is 29.5. The number of nitrogens with zero attached hydrogens (tertiary/aromatic N) is 6. The van der Waals surface area contributed by atoms with Crippen LogP contribution in [0.4, 0.5) is 22.7 Å². The lowest BCUT2D eigenvalue weighted by molar-refractivity contribution is -0.870. The van der Waals surface area contributed by atoms with Gasteiger partial charge in [0.2, 0.25) is 11.4 Å². The van der Waals surface area contributed by atoms with Crippen LogP contribution in [0, 0.1) is 0 Å². The highest BCUT2D eigenvalue weighted by atomic mass is 35.5. The molecule has 4 aliphatic heterocycles. The van der Waals surface area contributed by atoms with Crippen LogP contribution in [-0.2, 0) is 61.7 Å². The fourth-order valence-electron chi connectivity index (χ4n) is 21.5. The molecule has 21 heteroatoms. The highest BCUT2D eigenvalue weighted by Crippen LogP contribution is 2.51. The number of phosphoric acid groups is 2. The lowest BCUT2D eigenvalue weighted by Crippen LogP contribution is -2.37. The zero-order chi connectivity index (χ0) is 104. The third-order valence-corrected chi connectivity index (χ3v) is 32.6. The van der Waals surface area contributed by atoms with E-state index in [0.717, 1.165) is 102 Å². The molecule has 0 saturated heterocycles. The van der Waals surface area contributed by atoms with Crippen molar-refractivity contribution in [2.24, 2.45) is 0 Å². The van der Waals surface area contributed by atoms with Crippen LogP contribution in [0.3, 0.4) is 0 Å². The second-order valence-electron chi connectivity index (χ2n) is 44.8. The number of fused-ring (bicyclic) bond motifs is 4. The van der Waals surface area contributed by atoms with E-state index < -0.39 is 15.6 Å². The van der Waals surface area contributed by atoms with Crippen molar-refractivity contribution in [2.75, 3.05) is 127 Å². The van der Waals surface area contributed by atoms with Crippen LogP contribution in [0.25, 0.3) is 5.57 Å². The molecule has 0 aromatic heterocycles. The number of phosphoric ester groups is 2. The lowest BCUT2D eigenvalue weighted by atomic mass is 9.79. The monoisotopic (exact) mass is 2030 g/mol. The quantitative estimate of drug-likeness (QED) is 0.0121. The number of para-hydroxylation sites is 4. The van der Waals surface area contributed by atoms with Crippen LogP contribution in [-0.4, -0.2) is 164 Å². The molecule has 12 rings (SSSR count). The largest absolute Gasteiger partial charge is 0.756 e. The van der Waals surface area contributed by atoms with Gasteiger partial charge in [-0.15, -0.1) is 0 Å². The molecule has 2 unspecified atom stereocenters. The Morgan fingerprint density at radius 2 is 0.701 bits per heavy atom. The molecular weight excluding hydrogens is 1850 g/mol. The molecule has 0 spiro atoms. The van der Waals surface area contributed by atoms with E-state index in [1.54, 1.807) is 0 Å². The molecule has 17 nitrogen and oxygen atoms in total. The molecule has 6 aromatic carbocycles. The molecule has 4 heterocycles. The first-order valence-electron chi connectivity index (χ1n) is 54.8. The van der Waals surface area contributed by atoms with Gasteiger partial charge in [-0.05, 0) is 197 Å². The number of benzene rings is 6. The number of likely N-dealkylation sites (N-methyl/N-ethyl adjacent to an activating group) is 4. The molecule has 6 aromatic rings. The number of aliphatic hydroxyl groups excluding tert-OH is 1. The molecule has 1 radical (unpaired) electrons. The van der Waals surface area contributed by atoms with Gasteiger partial charge >= 0.3 is 7.69 Å². The zero-order valence-electron chi connectivity index (χ0n) is 92.1. The fourth-order valence-corrected chi connectivity index (χ4v) is 23.3. The van der Waals surface area contributed by atoms with Crippen LogP contribution in [0.2, 0.25) is 0 Å². The summed E-state index contributed by atoms with van der Waals surface area (Å²) in [7, 11) is 14.1. The van der Waals surface area contributed by atoms with Crippen LogP contribution in [0.15, 0.2) is 233 Å². The summed E-state index contributed by atoms with van der Waals surface area (Å²) in [6, 6.07) is 52.7. The number of unbranched alkanes of at least 4 members (excludes halogenated alkanes) is 30. The SMILES string of the molecule is CN1/C(=C/C=C2\CCCC(/C=C/C3=[N+](C)c4ccccc4C3(C)C)=C2Cl)C(C)(C)c2ccccc21.CN1/C(=C/C=C2\CCCC(/C=C/C3=[N+](C)c4ccccc4C3(C)C)=C2c2ccc(CCCCCCCCCCCCCCCCCCOP(=O)([O-])OCC[N+](C)(C)C)cc2)C(C)(C)c2ccccc21.CO.C[N+](C)(C)CCOP(=O)([O-])OCCCCCCCCCCCCCCCCCCc1ccc(O[B]O)cc1. The highest BCUT2D eigenvalue weighted by Gasteiger charge is 2.45. The maximum atomic E-state index is 11.9. The summed E-state index contributed by atoms with van der Waals surface area (Å²) in [4.78, 5) is 28.3. The van der Waals surface area contributed by atoms with Gasteiger partial charge in [-0.25, -0.2) is 0 Å². The van der Waals surface area contributed by atoms with E-state index in [1.165, 1.54) is 279 Å². The number of hydrogen-bond acceptors (Lipinski definition) is 13. The molecule has 789 valence electrons. The van der Waals surface area contributed by atoms with Crippen LogP contribution >= 0.6 is 27.2 Å². The lowest BCUT2D eigenvalue weighted by Gasteiger charge is -2.27. The average molecular weight is 2030 g/mol. The minimum Gasteiger partial charge on any atom is -0.756 e. The topological polar surface area (TPSA) is 179 Å². The van der Waals surface area contributed by atoms with Gasteiger partial charge < -0.3 is 61.4 Å². The first-order valence-corrected chi connectivity index (χ1v) is 58.1. The number of allylic oxidation sites excluding steroid dienone is 16. The van der Waals surface area contributed by atoms with Crippen LogP contribution < -0.4 is 24.2 Å². The van der Waals surface area contributed by atoms with E-state index in [2.05, 4.69) is 285 Å². The Morgan fingerprint density at radius 3 is 1.06 bits per heavy atom. The smallest absolute Gasteiger partial charge is 0.569 e. The second kappa shape index (κ2) is 59.7. The van der Waals surface area contributed by atoms with E-state index >= 15 is 0 Å². The Kier molecular flexibility index (Phi) is 49.7. The number of quaternary nitrogens is 2. The molecule has 0 saturated carbocycles. The van der Waals surface area contributed by atoms with E-state index in [9.17, 15) is 18.9 Å². The summed E-state index contributed by atoms with van der Waals surface area (Å²) >= 11 is 7.01. The van der Waals surface area contributed by atoms with Crippen LogP contribution in [0.1, 0.15) is 338 Å². The summed E-state index contributed by atoms with van der Waals surface area (Å²) in [6.07, 6.45) is 67.6. The van der Waals surface area contributed by atoms with E-state index in [-0.39, 0.29) is 48.1 Å². The molecule has 0 amide bonds. The molecule has 0 fully saturated rings. The van der Waals surface area contributed by atoms with Crippen molar-refractivity contribution in [2.45, 2.75) is 334 Å². The minimum atomic E-state index is -4.18. The van der Waals surface area contributed by atoms with Gasteiger partial charge in [0.15, 0.2) is 11.4 Å². The van der Waals surface area contributed by atoms with E-state index in [1.807, 2.05) is 54.4 Å². The van der Waals surface area contributed by atoms with Crippen molar-refractivity contribution in [3.63, 3.8) is 0 Å². The predicted molar refractivity (Wildman–Crippen MR) is 604 cm³/mol. The van der Waals surface area contributed by atoms with Gasteiger partial charge in [-0.2, -0.15) is 9.15 Å². The molecule has 144 heavy (non-hydrogen) atoms. The second-order valence-corrected chi connectivity index (χ2v) is 48.0. The Balaban J connectivity index is 0.000000260. The van der Waals surface area contributed by atoms with Crippen LogP contribution in [0.5, 0.6) is 5.75 Å². The number of rotatable bonds is 57. The van der Waals surface area contributed by atoms with Crippen molar-refractivity contribution >= 4 is 74.7 Å². The number of aryl methyl sites for hydroxylation is 2. The van der Waals surface area contributed by atoms with Gasteiger partial charge in [0.05, 0.1) is 72.1 Å². The van der Waals surface area contributed by atoms with Crippen molar-refractivity contribution < 1.29 is 69.9 Å². The molecule has 6 aliphatic rings. The van der Waals surface area contributed by atoms with Gasteiger partial charge in [0, 0.05) is 95.2 Å². The first-order chi connectivity index (χ1) is 68.8. The maximum Gasteiger partial charge on any atom is 0.569 e. The van der Waals surface area contributed by atoms with E-state index in [0.29, 0.717) is 35.5 Å². The Labute approximate surface area is 877 Å². The molecule has 2 N–H and O–H groups in total. The summed E-state index contributed by atoms with van der Waals surface area (Å²) in [5, 5.41) is 16.6. The number of anilines is 2. The number of halogens is 1. The van der Waals surface area contributed by atoms with Crippen molar-refractivity contribution in [3.05, 3.63) is 272 Å². The third kappa shape index (κ3) is 37.2. The normalized spacial score (nSPS) is 18.2. The van der Waals surface area contributed by atoms with Crippen molar-refractivity contribution in [1.29, 1.82) is 0 Å². The minimum absolute atomic E-state index is 0.0275. The maximum absolute atomic E-state index is 11.9. The Morgan fingerprint density at radius 1 is 0.389 bits per heavy atom. The third-order valence-electron chi connectivity index (χ3n) is 30.1. The number of aliphatic hydroxyl groups is 1. The molecular formula is C123H183BClN6O11P2+2. The zero-order valence-corrected chi connectivity index (χ0v) is 94.6.